The SMILES string of the molecule is Cc1cc(C(C)(C)C)cc(C)c1N1c2cc(C(C)(C)C)cc3c2B(c2ccc(-c4csc5ccccc45)cc2N3c2ccc(C(C)(C)C)cc2-c2ccccc2)c2c1oc1ccc(C(C)(C)C)cc21. The number of hydrogen-bond acceptors (Lipinski definition) is 4. The van der Waals surface area contributed by atoms with Crippen molar-refractivity contribution < 1.29 is 4.42 Å². The van der Waals surface area contributed by atoms with Crippen LogP contribution in [0.15, 0.2) is 143 Å². The number of hydrogen-bond donors (Lipinski definition) is 0. The van der Waals surface area contributed by atoms with Crippen LogP contribution in [0.1, 0.15) is 116 Å². The second-order valence-electron chi connectivity index (χ2n) is 24.0. The zero-order valence-corrected chi connectivity index (χ0v) is 43.9. The molecule has 5 heteroatoms. The largest absolute Gasteiger partial charge is 0.440 e. The van der Waals surface area contributed by atoms with Crippen LogP contribution in [-0.4, -0.2) is 6.71 Å². The molecule has 11 rings (SSSR count). The van der Waals surface area contributed by atoms with Gasteiger partial charge in [0.1, 0.15) is 5.58 Å². The molecule has 2 aliphatic heterocycles. The van der Waals surface area contributed by atoms with Crippen LogP contribution in [0.3, 0.4) is 0 Å². The maximum atomic E-state index is 7.40. The Balaban J connectivity index is 1.31. The molecule has 0 spiro atoms. The third kappa shape index (κ3) is 7.37. The van der Waals surface area contributed by atoms with Gasteiger partial charge in [-0.2, -0.15) is 0 Å². The molecule has 0 radical (unpaired) electrons. The minimum atomic E-state index is -0.176. The predicted octanol–water partition coefficient (Wildman–Crippen LogP) is 16.9. The zero-order valence-electron chi connectivity index (χ0n) is 43.1. The summed E-state index contributed by atoms with van der Waals surface area (Å²) in [7, 11) is 0. The van der Waals surface area contributed by atoms with Crippen molar-refractivity contribution >= 4 is 89.8 Å². The molecule has 2 aliphatic rings. The maximum Gasteiger partial charge on any atom is 0.257 e. The maximum absolute atomic E-state index is 7.40. The highest BCUT2D eigenvalue weighted by Crippen LogP contribution is 2.52. The van der Waals surface area contributed by atoms with Crippen LogP contribution < -0.4 is 26.2 Å². The molecule has 0 bridgehead atoms. The second-order valence-corrected chi connectivity index (χ2v) is 25.0. The molecule has 0 atom stereocenters. The van der Waals surface area contributed by atoms with Gasteiger partial charge in [0.25, 0.3) is 6.71 Å². The second kappa shape index (κ2) is 15.6. The third-order valence-electron chi connectivity index (χ3n) is 15.0. The van der Waals surface area contributed by atoms with E-state index in [9.17, 15) is 0 Å². The molecule has 0 amide bonds. The van der Waals surface area contributed by atoms with Gasteiger partial charge in [0.2, 0.25) is 5.88 Å². The van der Waals surface area contributed by atoms with Crippen molar-refractivity contribution in [3.8, 4) is 22.3 Å². The number of thiophene rings is 1. The molecule has 0 unspecified atom stereocenters. The highest BCUT2D eigenvalue weighted by molar-refractivity contribution is 7.17. The highest BCUT2D eigenvalue weighted by atomic mass is 32.1. The first-order chi connectivity index (χ1) is 32.6. The Hall–Kier alpha value is -6.30. The summed E-state index contributed by atoms with van der Waals surface area (Å²) >= 11 is 1.82. The van der Waals surface area contributed by atoms with Crippen molar-refractivity contribution in [1.82, 2.24) is 0 Å². The number of fused-ring (bicyclic) bond motifs is 7. The van der Waals surface area contributed by atoms with E-state index >= 15 is 0 Å². The monoisotopic (exact) mass is 920 g/mol. The molecule has 0 saturated heterocycles. The van der Waals surface area contributed by atoms with E-state index in [4.69, 9.17) is 4.42 Å². The molecule has 2 aromatic heterocycles. The zero-order chi connectivity index (χ0) is 48.7. The van der Waals surface area contributed by atoms with Crippen molar-refractivity contribution in [1.29, 1.82) is 0 Å². The van der Waals surface area contributed by atoms with Crippen LogP contribution >= 0.6 is 11.3 Å². The summed E-state index contributed by atoms with van der Waals surface area (Å²) in [5.41, 5.74) is 23.0. The molecule has 346 valence electrons. The van der Waals surface area contributed by atoms with Crippen molar-refractivity contribution in [2.75, 3.05) is 9.80 Å². The smallest absolute Gasteiger partial charge is 0.257 e. The van der Waals surface area contributed by atoms with Gasteiger partial charge >= 0.3 is 0 Å². The Kier molecular flexibility index (Phi) is 10.2. The fraction of sp³-hybridized carbons (Fsp3) is 0.281. The lowest BCUT2D eigenvalue weighted by Crippen LogP contribution is -2.61. The Morgan fingerprint density at radius 3 is 1.71 bits per heavy atom. The van der Waals surface area contributed by atoms with E-state index in [1.54, 1.807) is 0 Å². The van der Waals surface area contributed by atoms with Crippen molar-refractivity contribution in [3.05, 3.63) is 172 Å². The molecule has 0 fully saturated rings. The number of anilines is 6. The van der Waals surface area contributed by atoms with Crippen molar-refractivity contribution in [2.24, 2.45) is 0 Å². The Morgan fingerprint density at radius 1 is 0.449 bits per heavy atom. The fourth-order valence-corrected chi connectivity index (χ4v) is 12.0. The fourth-order valence-electron chi connectivity index (χ4n) is 11.1. The summed E-state index contributed by atoms with van der Waals surface area (Å²) in [5, 5.41) is 4.81. The van der Waals surface area contributed by atoms with Gasteiger partial charge in [-0.15, -0.1) is 11.3 Å². The minimum absolute atomic E-state index is 0.00237. The Bertz CT molecular complexity index is 3500. The molecule has 0 N–H and O–H groups in total. The highest BCUT2D eigenvalue weighted by Gasteiger charge is 2.48. The summed E-state index contributed by atoms with van der Waals surface area (Å²) in [6, 6.07) is 51.2. The average Bonchev–Trinajstić information content (AvgIpc) is 3.90. The molecule has 69 heavy (non-hydrogen) atoms. The number of benzene rings is 7. The summed E-state index contributed by atoms with van der Waals surface area (Å²) in [6.07, 6.45) is 0. The molecule has 0 saturated carbocycles. The quantitative estimate of drug-likeness (QED) is 0.164. The molecule has 9 aromatic rings. The van der Waals surface area contributed by atoms with Gasteiger partial charge in [-0.1, -0.05) is 168 Å². The molecule has 0 aliphatic carbocycles. The van der Waals surface area contributed by atoms with E-state index in [0.29, 0.717) is 0 Å². The first-order valence-corrected chi connectivity index (χ1v) is 25.7. The minimum Gasteiger partial charge on any atom is -0.440 e. The van der Waals surface area contributed by atoms with Gasteiger partial charge in [0.05, 0.1) is 11.4 Å². The van der Waals surface area contributed by atoms with Gasteiger partial charge in [-0.05, 0) is 145 Å². The van der Waals surface area contributed by atoms with Crippen LogP contribution in [-0.2, 0) is 21.7 Å². The summed E-state index contributed by atoms with van der Waals surface area (Å²) in [4.78, 5) is 5.16. The van der Waals surface area contributed by atoms with E-state index in [1.807, 2.05) is 11.3 Å². The van der Waals surface area contributed by atoms with Crippen molar-refractivity contribution in [2.45, 2.75) is 119 Å². The normalized spacial score (nSPS) is 13.9. The third-order valence-corrected chi connectivity index (χ3v) is 15.9. The van der Waals surface area contributed by atoms with Crippen LogP contribution in [0.2, 0.25) is 0 Å². The molecular formula is C64H65BN2OS. The van der Waals surface area contributed by atoms with E-state index in [0.717, 1.165) is 11.5 Å². The topological polar surface area (TPSA) is 19.6 Å². The molecule has 3 nitrogen and oxygen atoms in total. The molecule has 7 aromatic carbocycles. The van der Waals surface area contributed by atoms with Gasteiger partial charge in [-0.25, -0.2) is 0 Å². The predicted molar refractivity (Wildman–Crippen MR) is 301 cm³/mol. The van der Waals surface area contributed by atoms with Crippen LogP contribution in [0.5, 0.6) is 0 Å². The first kappa shape index (κ1) is 45.2. The van der Waals surface area contributed by atoms with Crippen LogP contribution in [0.4, 0.5) is 34.3 Å². The van der Waals surface area contributed by atoms with Crippen LogP contribution in [0, 0.1) is 13.8 Å². The van der Waals surface area contributed by atoms with Gasteiger partial charge < -0.3 is 9.32 Å². The molecule has 4 heterocycles. The first-order valence-electron chi connectivity index (χ1n) is 24.9. The Labute approximate surface area is 414 Å². The number of rotatable bonds is 4. The molecular weight excluding hydrogens is 856 g/mol. The average molecular weight is 921 g/mol. The van der Waals surface area contributed by atoms with Crippen LogP contribution in [0.25, 0.3) is 43.3 Å². The van der Waals surface area contributed by atoms with Gasteiger partial charge in [0.15, 0.2) is 0 Å². The number of nitrogens with zero attached hydrogens (tertiary/aromatic N) is 2. The number of aryl methyl sites for hydroxylation is 2. The van der Waals surface area contributed by atoms with Crippen molar-refractivity contribution in [3.63, 3.8) is 0 Å². The van der Waals surface area contributed by atoms with Gasteiger partial charge in [-0.3, -0.25) is 4.90 Å². The summed E-state index contributed by atoms with van der Waals surface area (Å²) < 4.78 is 8.70. The van der Waals surface area contributed by atoms with E-state index < -0.39 is 0 Å². The van der Waals surface area contributed by atoms with E-state index in [-0.39, 0.29) is 28.4 Å². The lowest BCUT2D eigenvalue weighted by atomic mass is 9.33. The summed E-state index contributed by atoms with van der Waals surface area (Å²) in [5.74, 6) is 0.909. The summed E-state index contributed by atoms with van der Waals surface area (Å²) in [6.45, 7) is 32.4. The Morgan fingerprint density at radius 2 is 1.04 bits per heavy atom. The van der Waals surface area contributed by atoms with Gasteiger partial charge in [0, 0.05) is 49.1 Å². The van der Waals surface area contributed by atoms with E-state index in [1.165, 1.54) is 116 Å². The lowest BCUT2D eigenvalue weighted by molar-refractivity contribution is 0.587. The number of furan rings is 1. The standard InChI is InChI=1S/C64H65BN2OS/c1-38-30-44(63(9,10)11)31-39(2)59(38)67-54-36-45(64(12,13)14)35-53-58(54)65(57-48-34-43(62(6,7)8)26-29-55(48)68-60(57)67)50-27-24-41(49-37-69-56-23-19-18-22-46(49)56)32-52(50)66(53)51-28-25-42(61(3,4)5)33-47(51)40-20-16-15-17-21-40/h15-37H,1-14H3. The lowest BCUT2D eigenvalue weighted by Gasteiger charge is -2.44. The van der Waals surface area contributed by atoms with E-state index in [2.05, 4.69) is 246 Å².